The molecule has 0 aliphatic heterocycles. The van der Waals surface area contributed by atoms with Crippen molar-refractivity contribution in [2.24, 2.45) is 4.99 Å². The SMILES string of the molecule is C#CCNC(=NCc1cc(-c2ccccc2)on1)NCC. The summed E-state index contributed by atoms with van der Waals surface area (Å²) in [5, 5.41) is 10.2. The highest BCUT2D eigenvalue weighted by Gasteiger charge is 2.06. The van der Waals surface area contributed by atoms with Crippen LogP contribution in [0.5, 0.6) is 0 Å². The Balaban J connectivity index is 2.03. The zero-order valence-corrected chi connectivity index (χ0v) is 12.0. The summed E-state index contributed by atoms with van der Waals surface area (Å²) in [4.78, 5) is 4.40. The lowest BCUT2D eigenvalue weighted by molar-refractivity contribution is 0.424. The van der Waals surface area contributed by atoms with E-state index in [0.29, 0.717) is 19.0 Å². The first-order valence-electron chi connectivity index (χ1n) is 6.80. The first kappa shape index (κ1) is 14.7. The van der Waals surface area contributed by atoms with Crippen LogP contribution >= 0.6 is 0 Å². The molecule has 0 unspecified atom stereocenters. The summed E-state index contributed by atoms with van der Waals surface area (Å²) in [5.74, 6) is 3.92. The fourth-order valence-corrected chi connectivity index (χ4v) is 1.76. The number of nitrogens with zero attached hydrogens (tertiary/aromatic N) is 2. The molecule has 0 aliphatic carbocycles. The summed E-state index contributed by atoms with van der Waals surface area (Å²) in [6.45, 7) is 3.62. The van der Waals surface area contributed by atoms with Crippen LogP contribution in [0.4, 0.5) is 0 Å². The molecule has 2 rings (SSSR count). The Hall–Kier alpha value is -2.74. The zero-order chi connectivity index (χ0) is 14.9. The topological polar surface area (TPSA) is 62.5 Å². The molecule has 108 valence electrons. The zero-order valence-electron chi connectivity index (χ0n) is 12.0. The van der Waals surface area contributed by atoms with Crippen LogP contribution < -0.4 is 10.6 Å². The van der Waals surface area contributed by atoms with E-state index < -0.39 is 0 Å². The standard InChI is InChI=1S/C16H18N4O/c1-3-10-18-16(17-4-2)19-12-14-11-15(21-20-14)13-8-6-5-7-9-13/h1,5-9,11H,4,10,12H2,2H3,(H2,17,18,19). The maximum absolute atomic E-state index is 5.33. The number of guanidine groups is 1. The van der Waals surface area contributed by atoms with Crippen molar-refractivity contribution in [2.75, 3.05) is 13.1 Å². The van der Waals surface area contributed by atoms with Gasteiger partial charge in [0.05, 0.1) is 13.1 Å². The summed E-state index contributed by atoms with van der Waals surface area (Å²) in [6, 6.07) is 11.7. The molecule has 0 spiro atoms. The lowest BCUT2D eigenvalue weighted by atomic mass is 10.2. The molecule has 0 bridgehead atoms. The third kappa shape index (κ3) is 4.39. The second-order valence-electron chi connectivity index (χ2n) is 4.30. The van der Waals surface area contributed by atoms with Gasteiger partial charge >= 0.3 is 0 Å². The number of hydrogen-bond acceptors (Lipinski definition) is 3. The lowest BCUT2D eigenvalue weighted by Crippen LogP contribution is -2.37. The van der Waals surface area contributed by atoms with Gasteiger partial charge in [0.25, 0.3) is 0 Å². The first-order valence-corrected chi connectivity index (χ1v) is 6.80. The fraction of sp³-hybridized carbons (Fsp3) is 0.250. The highest BCUT2D eigenvalue weighted by Crippen LogP contribution is 2.19. The summed E-state index contributed by atoms with van der Waals surface area (Å²) < 4.78 is 5.33. The quantitative estimate of drug-likeness (QED) is 0.500. The van der Waals surface area contributed by atoms with Gasteiger partial charge in [-0.15, -0.1) is 6.42 Å². The number of hydrogen-bond donors (Lipinski definition) is 2. The molecule has 0 saturated heterocycles. The number of benzene rings is 1. The molecule has 0 amide bonds. The van der Waals surface area contributed by atoms with Crippen molar-refractivity contribution in [1.82, 2.24) is 15.8 Å². The third-order valence-corrected chi connectivity index (χ3v) is 2.72. The second kappa shape index (κ2) is 7.75. The van der Waals surface area contributed by atoms with E-state index in [4.69, 9.17) is 10.9 Å². The summed E-state index contributed by atoms with van der Waals surface area (Å²) in [7, 11) is 0. The number of aromatic nitrogens is 1. The van der Waals surface area contributed by atoms with Crippen molar-refractivity contribution in [3.8, 4) is 23.7 Å². The van der Waals surface area contributed by atoms with Crippen LogP contribution in [0, 0.1) is 12.3 Å². The molecule has 1 aromatic heterocycles. The van der Waals surface area contributed by atoms with Crippen LogP contribution in [0.3, 0.4) is 0 Å². The lowest BCUT2D eigenvalue weighted by Gasteiger charge is -2.07. The maximum Gasteiger partial charge on any atom is 0.192 e. The minimum atomic E-state index is 0.427. The molecule has 0 aliphatic rings. The van der Waals surface area contributed by atoms with Gasteiger partial charge in [-0.2, -0.15) is 0 Å². The second-order valence-corrected chi connectivity index (χ2v) is 4.30. The molecule has 2 N–H and O–H groups in total. The monoisotopic (exact) mass is 282 g/mol. The predicted octanol–water partition coefficient (Wildman–Crippen LogP) is 2.03. The van der Waals surface area contributed by atoms with Crippen LogP contribution in [-0.2, 0) is 6.54 Å². The molecule has 0 radical (unpaired) electrons. The van der Waals surface area contributed by atoms with Gasteiger partial charge in [-0.05, 0) is 6.92 Å². The molecule has 5 heteroatoms. The van der Waals surface area contributed by atoms with Crippen molar-refractivity contribution in [3.63, 3.8) is 0 Å². The number of terminal acetylenes is 1. The van der Waals surface area contributed by atoms with Gasteiger partial charge in [-0.1, -0.05) is 41.4 Å². The maximum atomic E-state index is 5.33. The minimum Gasteiger partial charge on any atom is -0.357 e. The molecule has 0 fully saturated rings. The van der Waals surface area contributed by atoms with Gasteiger partial charge < -0.3 is 15.2 Å². The average Bonchev–Trinajstić information content (AvgIpc) is 3.00. The smallest absolute Gasteiger partial charge is 0.192 e. The molecular formula is C16H18N4O. The van der Waals surface area contributed by atoms with E-state index in [0.717, 1.165) is 23.6 Å². The van der Waals surface area contributed by atoms with Crippen molar-refractivity contribution in [1.29, 1.82) is 0 Å². The Labute approximate surface area is 124 Å². The van der Waals surface area contributed by atoms with Crippen molar-refractivity contribution >= 4 is 5.96 Å². The largest absolute Gasteiger partial charge is 0.357 e. The van der Waals surface area contributed by atoms with Gasteiger partial charge in [-0.25, -0.2) is 4.99 Å². The van der Waals surface area contributed by atoms with Crippen LogP contribution in [0.2, 0.25) is 0 Å². The molecule has 1 aromatic carbocycles. The number of aliphatic imine (C=N–C) groups is 1. The first-order chi connectivity index (χ1) is 10.3. The summed E-state index contributed by atoms with van der Waals surface area (Å²) >= 11 is 0. The van der Waals surface area contributed by atoms with Crippen LogP contribution in [0.1, 0.15) is 12.6 Å². The van der Waals surface area contributed by atoms with Gasteiger partial charge in [0.2, 0.25) is 0 Å². The Bertz CT molecular complexity index is 625. The van der Waals surface area contributed by atoms with Crippen LogP contribution in [-0.4, -0.2) is 24.2 Å². The Morgan fingerprint density at radius 1 is 1.33 bits per heavy atom. The van der Waals surface area contributed by atoms with Crippen LogP contribution in [0.15, 0.2) is 45.9 Å². The van der Waals surface area contributed by atoms with Crippen molar-refractivity contribution in [3.05, 3.63) is 42.1 Å². The van der Waals surface area contributed by atoms with E-state index in [1.807, 2.05) is 43.3 Å². The third-order valence-electron chi connectivity index (χ3n) is 2.72. The molecule has 1 heterocycles. The molecule has 21 heavy (non-hydrogen) atoms. The predicted molar refractivity (Wildman–Crippen MR) is 83.6 cm³/mol. The van der Waals surface area contributed by atoms with Gasteiger partial charge in [0, 0.05) is 18.2 Å². The fourth-order valence-electron chi connectivity index (χ4n) is 1.76. The highest BCUT2D eigenvalue weighted by molar-refractivity contribution is 5.79. The van der Waals surface area contributed by atoms with Gasteiger partial charge in [-0.3, -0.25) is 0 Å². The molecular weight excluding hydrogens is 264 g/mol. The summed E-state index contributed by atoms with van der Waals surface area (Å²) in [5.41, 5.74) is 1.77. The average molecular weight is 282 g/mol. The van der Waals surface area contributed by atoms with Crippen molar-refractivity contribution in [2.45, 2.75) is 13.5 Å². The van der Waals surface area contributed by atoms with Gasteiger partial charge in [0.15, 0.2) is 11.7 Å². The Kier molecular flexibility index (Phi) is 5.41. The van der Waals surface area contributed by atoms with E-state index in [1.54, 1.807) is 0 Å². The molecule has 0 saturated carbocycles. The van der Waals surface area contributed by atoms with E-state index >= 15 is 0 Å². The van der Waals surface area contributed by atoms with E-state index in [-0.39, 0.29) is 0 Å². The van der Waals surface area contributed by atoms with Crippen molar-refractivity contribution < 1.29 is 4.52 Å². The van der Waals surface area contributed by atoms with E-state index in [9.17, 15) is 0 Å². The Morgan fingerprint density at radius 3 is 2.86 bits per heavy atom. The molecule has 0 atom stereocenters. The molecule has 5 nitrogen and oxygen atoms in total. The highest BCUT2D eigenvalue weighted by atomic mass is 16.5. The Morgan fingerprint density at radius 2 is 2.14 bits per heavy atom. The number of nitrogens with one attached hydrogen (secondary N) is 2. The number of rotatable bonds is 5. The van der Waals surface area contributed by atoms with E-state index in [1.165, 1.54) is 0 Å². The van der Waals surface area contributed by atoms with Crippen LogP contribution in [0.25, 0.3) is 11.3 Å². The minimum absolute atomic E-state index is 0.427. The normalized spacial score (nSPS) is 11.0. The van der Waals surface area contributed by atoms with Gasteiger partial charge in [0.1, 0.15) is 5.69 Å². The molecule has 2 aromatic rings. The van der Waals surface area contributed by atoms with E-state index in [2.05, 4.69) is 26.7 Å². The summed E-state index contributed by atoms with van der Waals surface area (Å²) in [6.07, 6.45) is 5.23.